The first kappa shape index (κ1) is 22.0. The van der Waals surface area contributed by atoms with Gasteiger partial charge in [0.15, 0.2) is 5.78 Å². The van der Waals surface area contributed by atoms with Gasteiger partial charge in [-0.05, 0) is 0 Å². The summed E-state index contributed by atoms with van der Waals surface area (Å²) < 4.78 is 0. The van der Waals surface area contributed by atoms with Crippen LogP contribution in [-0.2, 0) is 28.8 Å². The lowest BCUT2D eigenvalue weighted by atomic mass is 10.1. The Balaban J connectivity index is 4.15. The molecule has 11 heteroatoms. The monoisotopic (exact) mass is 358 g/mol. The number of carbonyl (C=O) groups is 6. The largest absolute Gasteiger partial charge is 0.481 e. The topological polar surface area (TPSA) is 171 Å². The number of rotatable bonds is 12. The molecule has 0 aliphatic rings. The highest BCUT2D eigenvalue weighted by molar-refractivity contribution is 5.92. The van der Waals surface area contributed by atoms with Gasteiger partial charge in [-0.2, -0.15) is 0 Å². The molecule has 0 aromatic rings. The molecule has 1 unspecified atom stereocenters. The van der Waals surface area contributed by atoms with E-state index in [9.17, 15) is 28.8 Å². The van der Waals surface area contributed by atoms with Crippen molar-refractivity contribution in [3.63, 3.8) is 0 Å². The molecule has 0 heterocycles. The first-order valence-corrected chi connectivity index (χ1v) is 7.42. The highest BCUT2D eigenvalue weighted by atomic mass is 16.4. The summed E-state index contributed by atoms with van der Waals surface area (Å²) in [5.74, 6) is -3.79. The van der Waals surface area contributed by atoms with E-state index in [0.29, 0.717) is 0 Å². The maximum absolute atomic E-state index is 11.7. The minimum Gasteiger partial charge on any atom is -0.481 e. The number of ketones is 1. The highest BCUT2D eigenvalue weighted by Gasteiger charge is 2.21. The molecule has 0 radical (unpaired) electrons. The van der Waals surface area contributed by atoms with Crippen molar-refractivity contribution in [3.8, 4) is 0 Å². The van der Waals surface area contributed by atoms with Crippen molar-refractivity contribution >= 4 is 35.9 Å². The van der Waals surface area contributed by atoms with Crippen molar-refractivity contribution in [2.45, 2.75) is 26.3 Å². The Hall–Kier alpha value is -2.98. The normalized spacial score (nSPS) is 11.2. The van der Waals surface area contributed by atoms with Gasteiger partial charge in [-0.15, -0.1) is 0 Å². The molecule has 0 bridgehead atoms. The fourth-order valence-electron chi connectivity index (χ4n) is 1.47. The average Bonchev–Trinajstić information content (AvgIpc) is 2.54. The molecule has 1 atom stereocenters. The standard InChI is InChI=1S/C14H22N4O7/c1-8(2)10(20)4-15-11(21)5-16-12(22)6-17-14(25)9(18-7-19)3-13(23)24/h7-9H,3-6H2,1-2H3,(H,15,21)(H,16,22)(H,17,25)(H,18,19)(H,23,24). The summed E-state index contributed by atoms with van der Waals surface area (Å²) in [6.45, 7) is 2.35. The summed E-state index contributed by atoms with van der Waals surface area (Å²) in [6.07, 6.45) is -0.464. The van der Waals surface area contributed by atoms with Crippen LogP contribution in [-0.4, -0.2) is 66.7 Å². The van der Waals surface area contributed by atoms with Gasteiger partial charge in [0, 0.05) is 5.92 Å². The van der Waals surface area contributed by atoms with Crippen LogP contribution in [0.25, 0.3) is 0 Å². The summed E-state index contributed by atoms with van der Waals surface area (Å²) >= 11 is 0. The van der Waals surface area contributed by atoms with Gasteiger partial charge >= 0.3 is 5.97 Å². The van der Waals surface area contributed by atoms with Gasteiger partial charge < -0.3 is 26.4 Å². The second kappa shape index (κ2) is 11.5. The Morgan fingerprint density at radius 2 is 1.44 bits per heavy atom. The number of hydrogen-bond donors (Lipinski definition) is 5. The number of hydrogen-bond acceptors (Lipinski definition) is 6. The molecule has 0 saturated carbocycles. The van der Waals surface area contributed by atoms with Crippen molar-refractivity contribution in [3.05, 3.63) is 0 Å². The summed E-state index contributed by atoms with van der Waals surface area (Å²) in [4.78, 5) is 66.9. The molecular weight excluding hydrogens is 336 g/mol. The van der Waals surface area contributed by atoms with Crippen LogP contribution in [0.3, 0.4) is 0 Å². The molecule has 140 valence electrons. The molecule has 0 aromatic carbocycles. The van der Waals surface area contributed by atoms with Crippen molar-refractivity contribution in [2.24, 2.45) is 5.92 Å². The molecule has 4 amide bonds. The summed E-state index contributed by atoms with van der Waals surface area (Å²) in [5, 5.41) is 17.3. The molecule has 0 rings (SSSR count). The Kier molecular flexibility index (Phi) is 10.2. The van der Waals surface area contributed by atoms with Gasteiger partial charge in [-0.3, -0.25) is 28.8 Å². The van der Waals surface area contributed by atoms with E-state index >= 15 is 0 Å². The van der Waals surface area contributed by atoms with Gasteiger partial charge in [0.2, 0.25) is 24.1 Å². The third-order valence-electron chi connectivity index (χ3n) is 2.94. The lowest BCUT2D eigenvalue weighted by molar-refractivity contribution is -0.140. The van der Waals surface area contributed by atoms with Gasteiger partial charge in [0.05, 0.1) is 26.1 Å². The van der Waals surface area contributed by atoms with Crippen LogP contribution in [0.5, 0.6) is 0 Å². The summed E-state index contributed by atoms with van der Waals surface area (Å²) in [5.41, 5.74) is 0. The van der Waals surface area contributed by atoms with Crippen LogP contribution in [0.4, 0.5) is 0 Å². The molecule has 5 N–H and O–H groups in total. The van der Waals surface area contributed by atoms with E-state index in [1.54, 1.807) is 13.8 Å². The SMILES string of the molecule is CC(C)C(=O)CNC(=O)CNC(=O)CNC(=O)C(CC(=O)O)NC=O. The Morgan fingerprint density at radius 3 is 1.92 bits per heavy atom. The molecule has 0 aliphatic carbocycles. The number of amides is 4. The van der Waals surface area contributed by atoms with Crippen molar-refractivity contribution in [2.75, 3.05) is 19.6 Å². The van der Waals surface area contributed by atoms with Gasteiger partial charge in [-0.1, -0.05) is 13.8 Å². The molecule has 11 nitrogen and oxygen atoms in total. The van der Waals surface area contributed by atoms with Crippen LogP contribution >= 0.6 is 0 Å². The zero-order valence-corrected chi connectivity index (χ0v) is 14.0. The van der Waals surface area contributed by atoms with Gasteiger partial charge in [0.1, 0.15) is 6.04 Å². The number of carboxylic acids is 1. The first-order chi connectivity index (χ1) is 11.7. The fourth-order valence-corrected chi connectivity index (χ4v) is 1.47. The van der Waals surface area contributed by atoms with Crippen LogP contribution in [0.1, 0.15) is 20.3 Å². The van der Waals surface area contributed by atoms with E-state index in [1.807, 2.05) is 5.32 Å². The smallest absolute Gasteiger partial charge is 0.305 e. The predicted molar refractivity (Wildman–Crippen MR) is 84.1 cm³/mol. The minimum absolute atomic E-state index is 0.142. The van der Waals surface area contributed by atoms with Crippen LogP contribution in [0.2, 0.25) is 0 Å². The zero-order chi connectivity index (χ0) is 19.4. The number of carbonyl (C=O) groups excluding carboxylic acids is 5. The molecule has 0 aromatic heterocycles. The van der Waals surface area contributed by atoms with Crippen molar-refractivity contribution in [1.82, 2.24) is 21.3 Å². The van der Waals surface area contributed by atoms with Crippen molar-refractivity contribution in [1.29, 1.82) is 0 Å². The van der Waals surface area contributed by atoms with E-state index in [-0.39, 0.29) is 31.2 Å². The van der Waals surface area contributed by atoms with E-state index in [4.69, 9.17) is 5.11 Å². The number of aliphatic carboxylic acids is 1. The highest BCUT2D eigenvalue weighted by Crippen LogP contribution is 1.92. The predicted octanol–water partition coefficient (Wildman–Crippen LogP) is -2.85. The third-order valence-corrected chi connectivity index (χ3v) is 2.94. The fraction of sp³-hybridized carbons (Fsp3) is 0.571. The third kappa shape index (κ3) is 10.4. The maximum Gasteiger partial charge on any atom is 0.305 e. The Morgan fingerprint density at radius 1 is 0.920 bits per heavy atom. The van der Waals surface area contributed by atoms with E-state index in [1.165, 1.54) is 0 Å². The van der Waals surface area contributed by atoms with Crippen LogP contribution in [0.15, 0.2) is 0 Å². The summed E-state index contributed by atoms with van der Waals surface area (Å²) in [6, 6.07) is -1.31. The molecule has 0 aliphatic heterocycles. The number of carboxylic acid groups (broad SMARTS) is 1. The van der Waals surface area contributed by atoms with E-state index in [2.05, 4.69) is 16.0 Å². The number of Topliss-reactive ketones (excluding diaryl/α,β-unsaturated/α-hetero) is 1. The second-order valence-corrected chi connectivity index (χ2v) is 5.33. The van der Waals surface area contributed by atoms with Crippen LogP contribution in [0, 0.1) is 5.92 Å². The van der Waals surface area contributed by atoms with E-state index in [0.717, 1.165) is 0 Å². The van der Waals surface area contributed by atoms with Gasteiger partial charge in [-0.25, -0.2) is 0 Å². The van der Waals surface area contributed by atoms with Crippen molar-refractivity contribution < 1.29 is 33.9 Å². The zero-order valence-electron chi connectivity index (χ0n) is 14.0. The molecule has 25 heavy (non-hydrogen) atoms. The quantitative estimate of drug-likeness (QED) is 0.234. The second-order valence-electron chi connectivity index (χ2n) is 5.33. The lowest BCUT2D eigenvalue weighted by Crippen LogP contribution is -2.48. The Bertz CT molecular complexity index is 533. The average molecular weight is 358 g/mol. The van der Waals surface area contributed by atoms with E-state index < -0.39 is 42.7 Å². The molecule has 0 fully saturated rings. The Labute approximate surface area is 143 Å². The minimum atomic E-state index is -1.31. The lowest BCUT2D eigenvalue weighted by Gasteiger charge is -2.13. The maximum atomic E-state index is 11.7. The summed E-state index contributed by atoms with van der Waals surface area (Å²) in [7, 11) is 0. The number of nitrogens with one attached hydrogen (secondary N) is 4. The molecule has 0 spiro atoms. The first-order valence-electron chi connectivity index (χ1n) is 7.42. The van der Waals surface area contributed by atoms with Gasteiger partial charge in [0.25, 0.3) is 0 Å². The molecular formula is C14H22N4O7. The molecule has 0 saturated heterocycles. The van der Waals surface area contributed by atoms with Crippen LogP contribution < -0.4 is 21.3 Å².